The van der Waals surface area contributed by atoms with Crippen molar-refractivity contribution in [2.75, 3.05) is 13.7 Å². The van der Waals surface area contributed by atoms with Gasteiger partial charge in [-0.15, -0.1) is 0 Å². The summed E-state index contributed by atoms with van der Waals surface area (Å²) < 4.78 is 4.97. The van der Waals surface area contributed by atoms with Crippen LogP contribution in [0.2, 0.25) is 0 Å². The molecule has 0 spiro atoms. The summed E-state index contributed by atoms with van der Waals surface area (Å²) in [6, 6.07) is 4.68. The number of ether oxygens (including phenoxy) is 1. The van der Waals surface area contributed by atoms with Gasteiger partial charge in [0, 0.05) is 24.2 Å². The van der Waals surface area contributed by atoms with Gasteiger partial charge in [-0.2, -0.15) is 0 Å². The second kappa shape index (κ2) is 6.77. The number of amides is 1. The summed E-state index contributed by atoms with van der Waals surface area (Å²) in [6.45, 7) is 4.93. The zero-order chi connectivity index (χ0) is 16.3. The molecular formula is C16H22N2O4. The van der Waals surface area contributed by atoms with Gasteiger partial charge < -0.3 is 9.64 Å². The smallest absolute Gasteiger partial charge is 0.311 e. The van der Waals surface area contributed by atoms with E-state index in [1.165, 1.54) is 19.2 Å². The van der Waals surface area contributed by atoms with Crippen LogP contribution >= 0.6 is 0 Å². The highest BCUT2D eigenvalue weighted by Crippen LogP contribution is 2.32. The third-order valence-corrected chi connectivity index (χ3v) is 3.82. The third kappa shape index (κ3) is 3.75. The molecule has 1 aromatic rings. The highest BCUT2D eigenvalue weighted by atomic mass is 16.6. The van der Waals surface area contributed by atoms with E-state index in [1.807, 2.05) is 4.90 Å². The fraction of sp³-hybridized carbons (Fsp3) is 0.562. The number of hydrogen-bond acceptors (Lipinski definition) is 4. The van der Waals surface area contributed by atoms with Gasteiger partial charge in [-0.25, -0.2) is 0 Å². The van der Waals surface area contributed by atoms with E-state index in [-0.39, 0.29) is 23.4 Å². The minimum Gasteiger partial charge on any atom is -0.490 e. The summed E-state index contributed by atoms with van der Waals surface area (Å²) in [4.78, 5) is 25.1. The van der Waals surface area contributed by atoms with E-state index in [9.17, 15) is 14.9 Å². The van der Waals surface area contributed by atoms with Crippen molar-refractivity contribution in [3.63, 3.8) is 0 Å². The molecule has 6 heteroatoms. The van der Waals surface area contributed by atoms with Crippen molar-refractivity contribution >= 4 is 11.6 Å². The van der Waals surface area contributed by atoms with Crippen LogP contribution in [0.1, 0.15) is 43.5 Å². The van der Waals surface area contributed by atoms with Crippen LogP contribution in [0.25, 0.3) is 0 Å². The first kappa shape index (κ1) is 16.3. The minimum absolute atomic E-state index is 0.131. The molecule has 0 saturated heterocycles. The van der Waals surface area contributed by atoms with Crippen molar-refractivity contribution < 1.29 is 14.5 Å². The van der Waals surface area contributed by atoms with Gasteiger partial charge in [0.25, 0.3) is 5.91 Å². The second-order valence-corrected chi connectivity index (χ2v) is 6.06. The van der Waals surface area contributed by atoms with E-state index >= 15 is 0 Å². The molecule has 120 valence electrons. The fourth-order valence-electron chi connectivity index (χ4n) is 2.36. The van der Waals surface area contributed by atoms with Crippen molar-refractivity contribution in [1.82, 2.24) is 4.90 Å². The van der Waals surface area contributed by atoms with Gasteiger partial charge in [0.2, 0.25) is 0 Å². The van der Waals surface area contributed by atoms with Crippen molar-refractivity contribution in [1.29, 1.82) is 0 Å². The largest absolute Gasteiger partial charge is 0.490 e. The highest BCUT2D eigenvalue weighted by molar-refractivity contribution is 5.95. The maximum atomic E-state index is 12.7. The van der Waals surface area contributed by atoms with Crippen molar-refractivity contribution in [3.8, 4) is 5.75 Å². The zero-order valence-corrected chi connectivity index (χ0v) is 13.2. The van der Waals surface area contributed by atoms with Crippen molar-refractivity contribution in [2.24, 2.45) is 5.92 Å². The number of benzene rings is 1. The standard InChI is InChI=1S/C16H22N2O4/c1-11(2)8-9-17(13-5-6-13)16(19)12-4-7-15(22-3)14(10-12)18(20)21/h4,7,10-11,13H,5-6,8-9H2,1-3H3. The molecule has 2 rings (SSSR count). The molecule has 1 fully saturated rings. The number of nitrogens with zero attached hydrogens (tertiary/aromatic N) is 2. The molecule has 0 aliphatic heterocycles. The number of nitro benzene ring substituents is 1. The maximum Gasteiger partial charge on any atom is 0.311 e. The lowest BCUT2D eigenvalue weighted by Gasteiger charge is -2.23. The van der Waals surface area contributed by atoms with E-state index in [0.717, 1.165) is 19.3 Å². The first-order chi connectivity index (χ1) is 10.4. The molecule has 0 bridgehead atoms. The molecule has 1 amide bonds. The number of carbonyl (C=O) groups is 1. The summed E-state index contributed by atoms with van der Waals surface area (Å²) >= 11 is 0. The Morgan fingerprint density at radius 2 is 2.14 bits per heavy atom. The van der Waals surface area contributed by atoms with Gasteiger partial charge in [0.15, 0.2) is 5.75 Å². The number of hydrogen-bond donors (Lipinski definition) is 0. The Morgan fingerprint density at radius 1 is 1.45 bits per heavy atom. The van der Waals surface area contributed by atoms with Crippen molar-refractivity contribution in [3.05, 3.63) is 33.9 Å². The molecule has 6 nitrogen and oxygen atoms in total. The predicted molar refractivity (Wildman–Crippen MR) is 83.2 cm³/mol. The molecule has 0 atom stereocenters. The van der Waals surface area contributed by atoms with Crippen LogP contribution < -0.4 is 4.74 Å². The topological polar surface area (TPSA) is 72.7 Å². The van der Waals surface area contributed by atoms with Crippen LogP contribution in [-0.4, -0.2) is 35.4 Å². The first-order valence-corrected chi connectivity index (χ1v) is 7.57. The molecule has 22 heavy (non-hydrogen) atoms. The summed E-state index contributed by atoms with van der Waals surface area (Å²) in [7, 11) is 1.38. The predicted octanol–water partition coefficient (Wildman–Crippen LogP) is 3.25. The molecule has 0 N–H and O–H groups in total. The van der Waals surface area contributed by atoms with E-state index in [0.29, 0.717) is 18.0 Å². The van der Waals surface area contributed by atoms with Gasteiger partial charge in [0.05, 0.1) is 12.0 Å². The fourth-order valence-corrected chi connectivity index (χ4v) is 2.36. The third-order valence-electron chi connectivity index (χ3n) is 3.82. The lowest BCUT2D eigenvalue weighted by atomic mass is 10.1. The van der Waals surface area contributed by atoms with Crippen LogP contribution in [0, 0.1) is 16.0 Å². The molecule has 1 aromatic carbocycles. The lowest BCUT2D eigenvalue weighted by molar-refractivity contribution is -0.385. The quantitative estimate of drug-likeness (QED) is 0.572. The monoisotopic (exact) mass is 306 g/mol. The zero-order valence-electron chi connectivity index (χ0n) is 13.2. The number of nitro groups is 1. The highest BCUT2D eigenvalue weighted by Gasteiger charge is 2.33. The molecule has 1 aliphatic carbocycles. The van der Waals surface area contributed by atoms with E-state index in [1.54, 1.807) is 6.07 Å². The second-order valence-electron chi connectivity index (χ2n) is 6.06. The Morgan fingerprint density at radius 3 is 2.64 bits per heavy atom. The Balaban J connectivity index is 2.23. The minimum atomic E-state index is -0.523. The average molecular weight is 306 g/mol. The van der Waals surface area contributed by atoms with Crippen LogP contribution in [0.4, 0.5) is 5.69 Å². The van der Waals surface area contributed by atoms with Gasteiger partial charge in [0.1, 0.15) is 0 Å². The van der Waals surface area contributed by atoms with Crippen LogP contribution in [-0.2, 0) is 0 Å². The van der Waals surface area contributed by atoms with E-state index < -0.39 is 4.92 Å². The molecular weight excluding hydrogens is 284 g/mol. The van der Waals surface area contributed by atoms with Crippen LogP contribution in [0.3, 0.4) is 0 Å². The Labute approximate surface area is 130 Å². The Kier molecular flexibility index (Phi) is 5.00. The van der Waals surface area contributed by atoms with Gasteiger partial charge in [-0.05, 0) is 37.3 Å². The molecule has 1 saturated carbocycles. The molecule has 0 unspecified atom stereocenters. The molecule has 1 aliphatic rings. The number of carbonyl (C=O) groups excluding carboxylic acids is 1. The number of methoxy groups -OCH3 is 1. The van der Waals surface area contributed by atoms with E-state index in [2.05, 4.69) is 13.8 Å². The number of rotatable bonds is 7. The van der Waals surface area contributed by atoms with Crippen LogP contribution in [0.15, 0.2) is 18.2 Å². The summed E-state index contributed by atoms with van der Waals surface area (Å²) in [6.07, 6.45) is 2.96. The van der Waals surface area contributed by atoms with Crippen molar-refractivity contribution in [2.45, 2.75) is 39.2 Å². The molecule has 0 radical (unpaired) electrons. The van der Waals surface area contributed by atoms with Gasteiger partial charge >= 0.3 is 5.69 Å². The summed E-state index contributed by atoms with van der Waals surface area (Å²) in [5.74, 6) is 0.551. The first-order valence-electron chi connectivity index (χ1n) is 7.57. The molecule has 0 aromatic heterocycles. The van der Waals surface area contributed by atoms with Crippen LogP contribution in [0.5, 0.6) is 5.75 Å². The maximum absolute atomic E-state index is 12.7. The molecule has 0 heterocycles. The lowest BCUT2D eigenvalue weighted by Crippen LogP contribution is -2.34. The summed E-state index contributed by atoms with van der Waals surface area (Å²) in [5.41, 5.74) is 0.177. The van der Waals surface area contributed by atoms with Gasteiger partial charge in [-0.1, -0.05) is 13.8 Å². The Bertz CT molecular complexity index is 567. The van der Waals surface area contributed by atoms with Gasteiger partial charge in [-0.3, -0.25) is 14.9 Å². The average Bonchev–Trinajstić information content (AvgIpc) is 3.31. The SMILES string of the molecule is COc1ccc(C(=O)N(CCC(C)C)C2CC2)cc1[N+](=O)[O-]. The Hall–Kier alpha value is -2.11. The summed E-state index contributed by atoms with van der Waals surface area (Å²) in [5, 5.41) is 11.1. The normalized spacial score (nSPS) is 14.0. The van der Waals surface area contributed by atoms with E-state index in [4.69, 9.17) is 4.74 Å².